The van der Waals surface area contributed by atoms with Crippen LogP contribution in [-0.4, -0.2) is 67.9 Å². The average Bonchev–Trinajstić information content (AvgIpc) is 3.00. The number of halogens is 1. The summed E-state index contributed by atoms with van der Waals surface area (Å²) in [6.07, 6.45) is -1.08. The van der Waals surface area contributed by atoms with Crippen molar-refractivity contribution in [3.63, 3.8) is 0 Å². The Kier molecular flexibility index (Phi) is 5.46. The van der Waals surface area contributed by atoms with Crippen molar-refractivity contribution in [3.05, 3.63) is 23.1 Å². The van der Waals surface area contributed by atoms with Crippen LogP contribution in [0.5, 0.6) is 0 Å². The molecule has 130 valence electrons. The first-order chi connectivity index (χ1) is 11.5. The Labute approximate surface area is 135 Å². The number of nitrogen functional groups attached to an aromatic ring is 1. The maximum atomic E-state index is 14.6. The van der Waals surface area contributed by atoms with Gasteiger partial charge in [-0.05, 0) is 5.53 Å². The van der Waals surface area contributed by atoms with Gasteiger partial charge in [0.05, 0.1) is 26.0 Å². The van der Waals surface area contributed by atoms with Crippen molar-refractivity contribution in [2.24, 2.45) is 5.11 Å². The number of aromatic nitrogens is 4. The highest BCUT2D eigenvalue weighted by Crippen LogP contribution is 2.23. The summed E-state index contributed by atoms with van der Waals surface area (Å²) in [5.41, 5.74) is 12.9. The first kappa shape index (κ1) is 17.8. The smallest absolute Gasteiger partial charge is 0.165 e. The number of nitrogens with zero attached hydrogens (tertiary/aromatic N) is 7. The molecule has 2 rings (SSSR count). The molecule has 0 aromatic carbocycles. The summed E-state index contributed by atoms with van der Waals surface area (Å²) in [5.74, 6) is 0.152. The Morgan fingerprint density at radius 1 is 1.54 bits per heavy atom. The summed E-state index contributed by atoms with van der Waals surface area (Å²) in [6, 6.07) is 0. The molecule has 11 nitrogen and oxygen atoms in total. The summed E-state index contributed by atoms with van der Waals surface area (Å²) < 4.78 is 21.0. The second-order valence-corrected chi connectivity index (χ2v) is 5.10. The number of aliphatic hydroxyl groups excluding tert-OH is 2. The van der Waals surface area contributed by atoms with Gasteiger partial charge in [-0.15, -0.1) is 0 Å². The van der Waals surface area contributed by atoms with E-state index in [2.05, 4.69) is 25.0 Å². The minimum Gasteiger partial charge on any atom is -0.393 e. The summed E-state index contributed by atoms with van der Waals surface area (Å²) in [4.78, 5) is 14.3. The van der Waals surface area contributed by atoms with Gasteiger partial charge in [-0.25, -0.2) is 19.3 Å². The van der Waals surface area contributed by atoms with Gasteiger partial charge in [0.15, 0.2) is 11.5 Å². The van der Waals surface area contributed by atoms with E-state index in [9.17, 15) is 14.6 Å². The molecule has 0 saturated heterocycles. The van der Waals surface area contributed by atoms with Crippen molar-refractivity contribution < 1.29 is 19.3 Å². The Morgan fingerprint density at radius 2 is 2.29 bits per heavy atom. The van der Waals surface area contributed by atoms with E-state index in [-0.39, 0.29) is 12.4 Å². The second-order valence-electron chi connectivity index (χ2n) is 5.10. The standard InChI is InChI=1S/C12H17FN8O3/c1-24-12(4-22,3-19-20-15)9(23)7(13)2-21-6-18-8-10(14)16-5-17-11(8)21/h5-7,9,22-23H,2-4H2,1H3,(H2,14,16,17)/t7-,9-,12+/m0/s1. The van der Waals surface area contributed by atoms with Crippen LogP contribution in [0.2, 0.25) is 0 Å². The Bertz CT molecular complexity index is 743. The second kappa shape index (κ2) is 7.36. The fraction of sp³-hybridized carbons (Fsp3) is 0.583. The predicted molar refractivity (Wildman–Crippen MR) is 81.5 cm³/mol. The van der Waals surface area contributed by atoms with Crippen LogP contribution in [-0.2, 0) is 11.3 Å². The molecule has 0 amide bonds. The average molecular weight is 340 g/mol. The number of methoxy groups -OCH3 is 1. The van der Waals surface area contributed by atoms with Gasteiger partial charge in [0.25, 0.3) is 0 Å². The zero-order valence-corrected chi connectivity index (χ0v) is 12.8. The van der Waals surface area contributed by atoms with E-state index in [1.807, 2.05) is 0 Å². The molecule has 2 aromatic heterocycles. The topological polar surface area (TPSA) is 168 Å². The molecule has 0 radical (unpaired) electrons. The van der Waals surface area contributed by atoms with Crippen molar-refractivity contribution in [1.82, 2.24) is 19.5 Å². The number of hydrogen-bond acceptors (Lipinski definition) is 8. The van der Waals surface area contributed by atoms with Gasteiger partial charge in [0, 0.05) is 12.0 Å². The van der Waals surface area contributed by atoms with E-state index in [0.717, 1.165) is 0 Å². The quantitative estimate of drug-likeness (QED) is 0.339. The van der Waals surface area contributed by atoms with Crippen molar-refractivity contribution in [1.29, 1.82) is 0 Å². The summed E-state index contributed by atoms with van der Waals surface area (Å²) in [7, 11) is 1.18. The zero-order valence-electron chi connectivity index (χ0n) is 12.8. The molecule has 4 N–H and O–H groups in total. The fourth-order valence-corrected chi connectivity index (χ4v) is 2.29. The first-order valence-corrected chi connectivity index (χ1v) is 6.89. The molecule has 0 fully saturated rings. The Morgan fingerprint density at radius 3 is 2.92 bits per heavy atom. The third-order valence-corrected chi connectivity index (χ3v) is 3.76. The third-order valence-electron chi connectivity index (χ3n) is 3.76. The molecule has 2 aromatic rings. The van der Waals surface area contributed by atoms with E-state index in [0.29, 0.717) is 11.2 Å². The van der Waals surface area contributed by atoms with Gasteiger partial charge in [-0.3, -0.25) is 0 Å². The Hall–Kier alpha value is -2.53. The Balaban J connectivity index is 2.24. The monoisotopic (exact) mass is 340 g/mol. The van der Waals surface area contributed by atoms with Crippen LogP contribution in [0.3, 0.4) is 0 Å². The van der Waals surface area contributed by atoms with Gasteiger partial charge in [-0.1, -0.05) is 5.11 Å². The zero-order chi connectivity index (χ0) is 17.7. The highest BCUT2D eigenvalue weighted by Gasteiger charge is 2.42. The van der Waals surface area contributed by atoms with Crippen LogP contribution in [0.1, 0.15) is 0 Å². The third kappa shape index (κ3) is 3.21. The summed E-state index contributed by atoms with van der Waals surface area (Å²) in [5, 5.41) is 23.0. The predicted octanol–water partition coefficient (Wildman–Crippen LogP) is -0.205. The highest BCUT2D eigenvalue weighted by atomic mass is 19.1. The molecule has 3 atom stereocenters. The number of anilines is 1. The number of ether oxygens (including phenoxy) is 1. The van der Waals surface area contributed by atoms with Crippen LogP contribution in [0.25, 0.3) is 21.6 Å². The van der Waals surface area contributed by atoms with Crippen LogP contribution in [0.4, 0.5) is 10.2 Å². The maximum absolute atomic E-state index is 14.6. The van der Waals surface area contributed by atoms with Gasteiger partial charge >= 0.3 is 0 Å². The number of rotatable bonds is 8. The molecule has 0 spiro atoms. The van der Waals surface area contributed by atoms with Crippen molar-refractivity contribution in [2.45, 2.75) is 24.4 Å². The lowest BCUT2D eigenvalue weighted by atomic mass is 9.93. The summed E-state index contributed by atoms with van der Waals surface area (Å²) in [6.45, 7) is -1.49. The van der Waals surface area contributed by atoms with Crippen LogP contribution in [0, 0.1) is 0 Å². The van der Waals surface area contributed by atoms with Crippen LogP contribution >= 0.6 is 0 Å². The van der Waals surface area contributed by atoms with Gasteiger partial charge in [0.2, 0.25) is 0 Å². The van der Waals surface area contributed by atoms with Crippen LogP contribution in [0.15, 0.2) is 17.8 Å². The van der Waals surface area contributed by atoms with Gasteiger partial charge < -0.3 is 25.3 Å². The minimum atomic E-state index is -1.86. The number of hydrogen-bond donors (Lipinski definition) is 3. The normalized spacial score (nSPS) is 16.3. The van der Waals surface area contributed by atoms with Crippen molar-refractivity contribution in [3.8, 4) is 0 Å². The van der Waals surface area contributed by atoms with E-state index < -0.39 is 31.0 Å². The molecular formula is C12H17FN8O3. The largest absolute Gasteiger partial charge is 0.393 e. The minimum absolute atomic E-state index is 0.152. The van der Waals surface area contributed by atoms with Gasteiger partial charge in [0.1, 0.15) is 29.7 Å². The molecular weight excluding hydrogens is 323 g/mol. The van der Waals surface area contributed by atoms with Crippen molar-refractivity contribution in [2.75, 3.05) is 26.0 Å². The molecule has 0 unspecified atom stereocenters. The van der Waals surface area contributed by atoms with E-state index >= 15 is 0 Å². The van der Waals surface area contributed by atoms with Crippen LogP contribution < -0.4 is 5.73 Å². The highest BCUT2D eigenvalue weighted by molar-refractivity contribution is 5.81. The molecule has 0 aliphatic rings. The number of alkyl halides is 1. The van der Waals surface area contributed by atoms with Crippen molar-refractivity contribution >= 4 is 17.0 Å². The number of nitrogens with two attached hydrogens (primary N) is 1. The first-order valence-electron chi connectivity index (χ1n) is 6.89. The molecule has 0 aliphatic heterocycles. The molecule has 0 saturated carbocycles. The summed E-state index contributed by atoms with van der Waals surface area (Å²) >= 11 is 0. The van der Waals surface area contributed by atoms with E-state index in [1.165, 1.54) is 24.3 Å². The number of aliphatic hydroxyl groups is 2. The SMILES string of the molecule is CO[C@@](CO)(CN=[N+]=[N-])[C@@H](O)[C@@H](F)Cn1cnc2c(N)ncnc21. The molecule has 12 heteroatoms. The number of azide groups is 1. The lowest BCUT2D eigenvalue weighted by molar-refractivity contribution is -0.146. The maximum Gasteiger partial charge on any atom is 0.165 e. The molecule has 0 aliphatic carbocycles. The number of fused-ring (bicyclic) bond motifs is 1. The van der Waals surface area contributed by atoms with Gasteiger partial charge in [-0.2, -0.15) is 0 Å². The molecule has 2 heterocycles. The number of imidazole rings is 1. The molecule has 0 bridgehead atoms. The lowest BCUT2D eigenvalue weighted by Crippen LogP contribution is -2.55. The molecule has 24 heavy (non-hydrogen) atoms. The van der Waals surface area contributed by atoms with E-state index in [4.69, 9.17) is 16.0 Å². The lowest BCUT2D eigenvalue weighted by Gasteiger charge is -2.35. The van der Waals surface area contributed by atoms with E-state index in [1.54, 1.807) is 0 Å². The fourth-order valence-electron chi connectivity index (χ4n) is 2.29.